The number of ether oxygens (including phenoxy) is 2. The molecule has 2 heterocycles. The quantitative estimate of drug-likeness (QED) is 0.569. The van der Waals surface area contributed by atoms with Crippen molar-refractivity contribution in [2.75, 3.05) is 14.2 Å². The Kier molecular flexibility index (Phi) is 6.43. The van der Waals surface area contributed by atoms with E-state index in [0.29, 0.717) is 37.8 Å². The van der Waals surface area contributed by atoms with Crippen LogP contribution >= 0.6 is 11.3 Å². The molecule has 1 aliphatic rings. The fourth-order valence-corrected chi connectivity index (χ4v) is 5.07. The fraction of sp³-hybridized carbons (Fsp3) is 0.269. The van der Waals surface area contributed by atoms with Gasteiger partial charge in [0.2, 0.25) is 0 Å². The molecule has 1 N–H and O–H groups in total. The highest BCUT2D eigenvalue weighted by Crippen LogP contribution is 2.31. The molecule has 1 aliphatic heterocycles. The summed E-state index contributed by atoms with van der Waals surface area (Å²) in [6.07, 6.45) is 1.69. The average Bonchev–Trinajstić information content (AvgIpc) is 3.12. The Balaban J connectivity index is 1.92. The zero-order chi connectivity index (χ0) is 24.6. The number of benzene rings is 2. The lowest BCUT2D eigenvalue weighted by molar-refractivity contribution is -0.136. The van der Waals surface area contributed by atoms with Crippen molar-refractivity contribution in [3.8, 4) is 11.5 Å². The van der Waals surface area contributed by atoms with Crippen LogP contribution in [0.5, 0.6) is 11.5 Å². The van der Waals surface area contributed by atoms with Gasteiger partial charge in [0.15, 0.2) is 16.3 Å². The number of hydrogen-bond acceptors (Lipinski definition) is 7. The summed E-state index contributed by atoms with van der Waals surface area (Å²) < 4.78 is 12.1. The smallest absolute Gasteiger partial charge is 0.338 e. The molecule has 8 heteroatoms. The van der Waals surface area contributed by atoms with Gasteiger partial charge in [0, 0.05) is 0 Å². The van der Waals surface area contributed by atoms with Crippen LogP contribution in [0.4, 0.5) is 0 Å². The van der Waals surface area contributed by atoms with E-state index in [0.717, 1.165) is 11.1 Å². The Labute approximate surface area is 200 Å². The Morgan fingerprint density at radius 3 is 2.47 bits per heavy atom. The molecule has 176 valence electrons. The van der Waals surface area contributed by atoms with Crippen LogP contribution in [0, 0.1) is 0 Å². The van der Waals surface area contributed by atoms with Gasteiger partial charge in [0.1, 0.15) is 0 Å². The number of methoxy groups -OCH3 is 2. The monoisotopic (exact) mass is 478 g/mol. The van der Waals surface area contributed by atoms with Gasteiger partial charge in [-0.25, -0.2) is 9.79 Å². The molecular formula is C26H26N2O5S. The van der Waals surface area contributed by atoms with Gasteiger partial charge in [0.05, 0.1) is 36.1 Å². The van der Waals surface area contributed by atoms with Crippen molar-refractivity contribution < 1.29 is 19.4 Å². The second kappa shape index (κ2) is 9.30. The van der Waals surface area contributed by atoms with E-state index >= 15 is 0 Å². The minimum absolute atomic E-state index is 0.0176. The van der Waals surface area contributed by atoms with Crippen molar-refractivity contribution in [2.45, 2.75) is 32.7 Å². The van der Waals surface area contributed by atoms with E-state index in [-0.39, 0.29) is 11.3 Å². The first-order valence-corrected chi connectivity index (χ1v) is 11.6. The van der Waals surface area contributed by atoms with E-state index in [4.69, 9.17) is 9.47 Å². The molecule has 1 aromatic heterocycles. The van der Waals surface area contributed by atoms with E-state index in [2.05, 4.69) is 18.8 Å². The van der Waals surface area contributed by atoms with Crippen LogP contribution < -0.4 is 19.6 Å². The lowest BCUT2D eigenvalue weighted by Gasteiger charge is -2.24. The third-order valence-electron chi connectivity index (χ3n) is 5.85. The first kappa shape index (κ1) is 23.5. The van der Waals surface area contributed by atoms with Crippen LogP contribution in [0.2, 0.25) is 0 Å². The van der Waals surface area contributed by atoms with Gasteiger partial charge in [-0.3, -0.25) is 9.36 Å². The number of carbonyl (C=O) groups is 1. The first-order chi connectivity index (χ1) is 16.2. The van der Waals surface area contributed by atoms with Crippen molar-refractivity contribution in [3.05, 3.63) is 90.1 Å². The topological polar surface area (TPSA) is 90.1 Å². The average molecular weight is 479 g/mol. The standard InChI is InChI=1S/C26H26N2O5S/c1-14(2)17-7-9-18(10-8-17)23-22(25(31)33-5)15(3)27-26-28(23)24(30)21(34-26)13-16-6-11-20(32-4)19(29)12-16/h6-14,23,29H,1-5H3/b21-13-/t23-/m0/s1. The number of thiazole rings is 1. The lowest BCUT2D eigenvalue weighted by atomic mass is 9.93. The number of hydrogen-bond donors (Lipinski definition) is 1. The highest BCUT2D eigenvalue weighted by atomic mass is 32.1. The largest absolute Gasteiger partial charge is 0.504 e. The van der Waals surface area contributed by atoms with E-state index in [1.807, 2.05) is 24.3 Å². The number of fused-ring (bicyclic) bond motifs is 1. The lowest BCUT2D eigenvalue weighted by Crippen LogP contribution is -2.39. The van der Waals surface area contributed by atoms with E-state index < -0.39 is 12.0 Å². The third-order valence-corrected chi connectivity index (χ3v) is 6.83. The summed E-state index contributed by atoms with van der Waals surface area (Å²) in [5.41, 5.74) is 3.18. The second-order valence-corrected chi connectivity index (χ2v) is 9.34. The summed E-state index contributed by atoms with van der Waals surface area (Å²) >= 11 is 1.23. The Morgan fingerprint density at radius 2 is 1.88 bits per heavy atom. The predicted octanol–water partition coefficient (Wildman–Crippen LogP) is 3.25. The molecule has 4 rings (SSSR count). The summed E-state index contributed by atoms with van der Waals surface area (Å²) in [6, 6.07) is 12.2. The minimum Gasteiger partial charge on any atom is -0.504 e. The van der Waals surface area contributed by atoms with Crippen LogP contribution in [0.15, 0.2) is 63.5 Å². The van der Waals surface area contributed by atoms with Crippen molar-refractivity contribution in [1.29, 1.82) is 0 Å². The molecule has 0 aliphatic carbocycles. The molecule has 3 aromatic rings. The molecule has 0 fully saturated rings. The Bertz CT molecular complexity index is 1460. The summed E-state index contributed by atoms with van der Waals surface area (Å²) in [6.45, 7) is 5.97. The number of esters is 1. The normalized spacial score (nSPS) is 15.8. The third kappa shape index (κ3) is 4.17. The summed E-state index contributed by atoms with van der Waals surface area (Å²) in [4.78, 5) is 31.4. The maximum atomic E-state index is 13.6. The number of phenolic OH excluding ortho intramolecular Hbond substituents is 1. The van der Waals surface area contributed by atoms with Crippen molar-refractivity contribution in [3.63, 3.8) is 0 Å². The number of carbonyl (C=O) groups excluding carboxylic acids is 1. The summed E-state index contributed by atoms with van der Waals surface area (Å²) in [5, 5.41) is 10.1. The van der Waals surface area contributed by atoms with Crippen LogP contribution in [-0.4, -0.2) is 29.9 Å². The molecule has 0 saturated heterocycles. The molecule has 0 saturated carbocycles. The number of rotatable bonds is 5. The van der Waals surface area contributed by atoms with E-state index in [9.17, 15) is 14.7 Å². The number of phenols is 1. The van der Waals surface area contributed by atoms with Crippen LogP contribution in [-0.2, 0) is 9.53 Å². The van der Waals surface area contributed by atoms with Gasteiger partial charge >= 0.3 is 5.97 Å². The molecule has 2 aromatic carbocycles. The van der Waals surface area contributed by atoms with Gasteiger partial charge in [-0.05, 0) is 47.7 Å². The van der Waals surface area contributed by atoms with Gasteiger partial charge in [-0.1, -0.05) is 55.5 Å². The number of allylic oxidation sites excluding steroid dienone is 1. The summed E-state index contributed by atoms with van der Waals surface area (Å²) in [7, 11) is 2.80. The highest BCUT2D eigenvalue weighted by molar-refractivity contribution is 7.07. The van der Waals surface area contributed by atoms with Crippen molar-refractivity contribution in [2.24, 2.45) is 4.99 Å². The number of aromatic hydroxyl groups is 1. The van der Waals surface area contributed by atoms with Gasteiger partial charge in [0.25, 0.3) is 5.56 Å². The molecule has 1 atom stereocenters. The predicted molar refractivity (Wildman–Crippen MR) is 131 cm³/mol. The molecule has 0 amide bonds. The summed E-state index contributed by atoms with van der Waals surface area (Å²) in [5.74, 6) is 0.167. The zero-order valence-corrected chi connectivity index (χ0v) is 20.5. The van der Waals surface area contributed by atoms with Crippen LogP contribution in [0.1, 0.15) is 49.4 Å². The van der Waals surface area contributed by atoms with Gasteiger partial charge < -0.3 is 14.6 Å². The van der Waals surface area contributed by atoms with Gasteiger partial charge in [-0.2, -0.15) is 0 Å². The molecule has 0 bridgehead atoms. The SMILES string of the molecule is COC(=O)C1=C(C)N=c2s/c(=C\c3ccc(OC)c(O)c3)c(=O)n2[C@H]1c1ccc(C(C)C)cc1. The molecule has 0 unspecified atom stereocenters. The van der Waals surface area contributed by atoms with E-state index in [1.54, 1.807) is 29.7 Å². The molecule has 7 nitrogen and oxygen atoms in total. The van der Waals surface area contributed by atoms with Crippen molar-refractivity contribution in [1.82, 2.24) is 4.57 Å². The molecule has 34 heavy (non-hydrogen) atoms. The minimum atomic E-state index is -0.656. The Morgan fingerprint density at radius 1 is 1.18 bits per heavy atom. The maximum Gasteiger partial charge on any atom is 0.338 e. The Hall–Kier alpha value is -3.65. The second-order valence-electron chi connectivity index (χ2n) is 8.33. The van der Waals surface area contributed by atoms with Crippen molar-refractivity contribution >= 4 is 23.4 Å². The maximum absolute atomic E-state index is 13.6. The number of aromatic nitrogens is 1. The number of nitrogens with zero attached hydrogens (tertiary/aromatic N) is 2. The zero-order valence-electron chi connectivity index (χ0n) is 19.7. The van der Waals surface area contributed by atoms with E-state index in [1.165, 1.54) is 31.6 Å². The first-order valence-electron chi connectivity index (χ1n) is 10.8. The molecular weight excluding hydrogens is 452 g/mol. The molecule has 0 spiro atoms. The van der Waals surface area contributed by atoms with Gasteiger partial charge in [-0.15, -0.1) is 0 Å². The molecule has 0 radical (unpaired) electrons. The highest BCUT2D eigenvalue weighted by Gasteiger charge is 2.33. The fourth-order valence-electron chi connectivity index (χ4n) is 4.02. The van der Waals surface area contributed by atoms with Crippen LogP contribution in [0.3, 0.4) is 0 Å². The van der Waals surface area contributed by atoms with Crippen LogP contribution in [0.25, 0.3) is 6.08 Å².